The highest BCUT2D eigenvalue weighted by Gasteiger charge is 2.20. The van der Waals surface area contributed by atoms with E-state index in [1.54, 1.807) is 35.7 Å². The number of carbonyl (C=O) groups excluding carboxylic acids is 1. The van der Waals surface area contributed by atoms with Gasteiger partial charge >= 0.3 is 5.69 Å². The largest absolute Gasteiger partial charge is 0.495 e. The van der Waals surface area contributed by atoms with Crippen molar-refractivity contribution in [3.8, 4) is 11.4 Å². The van der Waals surface area contributed by atoms with Crippen molar-refractivity contribution in [2.24, 2.45) is 0 Å². The van der Waals surface area contributed by atoms with Gasteiger partial charge in [0.1, 0.15) is 17.0 Å². The SMILES string of the molecule is COc1ccccc1-n1c(=O)c2sccc2n(CC(=O)N[C@H](C)CCc2ccccc2)c1=O. The second-order valence-corrected chi connectivity index (χ2v) is 8.73. The first-order valence-corrected chi connectivity index (χ1v) is 11.6. The Morgan fingerprint density at radius 2 is 1.79 bits per heavy atom. The number of rotatable bonds is 8. The molecule has 2 aromatic carbocycles. The number of benzene rings is 2. The summed E-state index contributed by atoms with van der Waals surface area (Å²) in [6.45, 7) is 1.76. The lowest BCUT2D eigenvalue weighted by Gasteiger charge is -2.16. The van der Waals surface area contributed by atoms with Crippen LogP contribution in [0, 0.1) is 0 Å². The van der Waals surface area contributed by atoms with Gasteiger partial charge in [0.2, 0.25) is 5.91 Å². The van der Waals surface area contributed by atoms with Crippen LogP contribution in [0.4, 0.5) is 0 Å². The van der Waals surface area contributed by atoms with Crippen LogP contribution in [0.15, 0.2) is 75.6 Å². The molecule has 2 heterocycles. The summed E-state index contributed by atoms with van der Waals surface area (Å²) in [6, 6.07) is 18.5. The lowest BCUT2D eigenvalue weighted by Crippen LogP contribution is -2.43. The molecule has 1 N–H and O–H groups in total. The van der Waals surface area contributed by atoms with Gasteiger partial charge in [-0.15, -0.1) is 11.3 Å². The monoisotopic (exact) mass is 463 g/mol. The molecule has 0 radical (unpaired) electrons. The van der Waals surface area contributed by atoms with Crippen LogP contribution in [0.3, 0.4) is 0 Å². The average molecular weight is 464 g/mol. The number of ether oxygens (including phenoxy) is 1. The number of methoxy groups -OCH3 is 1. The number of aryl methyl sites for hydroxylation is 1. The van der Waals surface area contributed by atoms with Crippen molar-refractivity contribution < 1.29 is 9.53 Å². The Balaban J connectivity index is 1.61. The summed E-state index contributed by atoms with van der Waals surface area (Å²) in [5.41, 5.74) is 0.993. The van der Waals surface area contributed by atoms with E-state index in [2.05, 4.69) is 17.4 Å². The molecule has 1 amide bonds. The third-order valence-corrected chi connectivity index (χ3v) is 6.39. The molecule has 0 fully saturated rings. The second kappa shape index (κ2) is 9.87. The minimum atomic E-state index is -0.581. The molecule has 7 nitrogen and oxygen atoms in total. The molecular weight excluding hydrogens is 438 g/mol. The molecule has 2 aromatic heterocycles. The molecule has 8 heteroatoms. The number of amides is 1. The van der Waals surface area contributed by atoms with Gasteiger partial charge < -0.3 is 10.1 Å². The van der Waals surface area contributed by atoms with Crippen LogP contribution in [0.2, 0.25) is 0 Å². The molecule has 0 unspecified atom stereocenters. The first-order chi connectivity index (χ1) is 16.0. The number of aromatic nitrogens is 2. The third-order valence-electron chi connectivity index (χ3n) is 5.50. The van der Waals surface area contributed by atoms with Crippen LogP contribution in [0.5, 0.6) is 5.75 Å². The van der Waals surface area contributed by atoms with Gasteiger partial charge in [0, 0.05) is 6.04 Å². The molecule has 0 aliphatic carbocycles. The van der Waals surface area contributed by atoms with E-state index in [1.807, 2.05) is 25.1 Å². The second-order valence-electron chi connectivity index (χ2n) is 7.81. The maximum absolute atomic E-state index is 13.4. The van der Waals surface area contributed by atoms with Crippen LogP contribution in [0.25, 0.3) is 15.9 Å². The zero-order chi connectivity index (χ0) is 23.4. The molecule has 0 aliphatic rings. The van der Waals surface area contributed by atoms with Gasteiger partial charge in [0.05, 0.1) is 18.3 Å². The van der Waals surface area contributed by atoms with Crippen molar-refractivity contribution >= 4 is 27.5 Å². The van der Waals surface area contributed by atoms with Crippen molar-refractivity contribution in [1.82, 2.24) is 14.5 Å². The van der Waals surface area contributed by atoms with Crippen molar-refractivity contribution in [3.63, 3.8) is 0 Å². The molecule has 0 spiro atoms. The van der Waals surface area contributed by atoms with Gasteiger partial charge in [0.15, 0.2) is 0 Å². The van der Waals surface area contributed by atoms with E-state index in [0.29, 0.717) is 21.7 Å². The Bertz CT molecular complexity index is 1390. The summed E-state index contributed by atoms with van der Waals surface area (Å²) < 4.78 is 8.18. The Kier molecular flexibility index (Phi) is 6.74. The summed E-state index contributed by atoms with van der Waals surface area (Å²) in [6.07, 6.45) is 1.62. The fourth-order valence-electron chi connectivity index (χ4n) is 3.83. The number of hydrogen-bond donors (Lipinski definition) is 1. The molecule has 0 saturated carbocycles. The highest BCUT2D eigenvalue weighted by Crippen LogP contribution is 2.22. The molecule has 0 saturated heterocycles. The van der Waals surface area contributed by atoms with Crippen LogP contribution in [-0.4, -0.2) is 28.2 Å². The van der Waals surface area contributed by atoms with E-state index in [9.17, 15) is 14.4 Å². The fraction of sp³-hybridized carbons (Fsp3) is 0.240. The highest BCUT2D eigenvalue weighted by atomic mass is 32.1. The Morgan fingerprint density at radius 3 is 2.55 bits per heavy atom. The molecule has 0 bridgehead atoms. The van der Waals surface area contributed by atoms with Crippen LogP contribution < -0.4 is 21.3 Å². The number of thiophene rings is 1. The summed E-state index contributed by atoms with van der Waals surface area (Å²) in [5, 5.41) is 4.72. The maximum atomic E-state index is 13.4. The topological polar surface area (TPSA) is 82.3 Å². The van der Waals surface area contributed by atoms with Crippen molar-refractivity contribution in [1.29, 1.82) is 0 Å². The molecule has 0 aliphatic heterocycles. The molecule has 33 heavy (non-hydrogen) atoms. The number of nitrogens with zero attached hydrogens (tertiary/aromatic N) is 2. The Labute approximate surface area is 194 Å². The average Bonchev–Trinajstić information content (AvgIpc) is 3.32. The van der Waals surface area contributed by atoms with E-state index in [0.717, 1.165) is 17.4 Å². The van der Waals surface area contributed by atoms with E-state index in [-0.39, 0.29) is 18.5 Å². The van der Waals surface area contributed by atoms with Crippen molar-refractivity contribution in [3.05, 3.63) is 92.4 Å². The van der Waals surface area contributed by atoms with E-state index in [4.69, 9.17) is 4.74 Å². The Hall–Kier alpha value is -3.65. The summed E-state index contributed by atoms with van der Waals surface area (Å²) in [4.78, 5) is 39.3. The van der Waals surface area contributed by atoms with Crippen molar-refractivity contribution in [2.75, 3.05) is 7.11 Å². The molecule has 1 atom stereocenters. The standard InChI is InChI=1S/C25H25N3O4S/c1-17(12-13-18-8-4-3-5-9-18)26-22(29)16-27-20-14-15-33-23(20)24(30)28(25(27)31)19-10-6-7-11-21(19)32-2/h3-11,14-15,17H,12-13,16H2,1-2H3,(H,26,29)/t17-/m1/s1. The minimum absolute atomic E-state index is 0.0634. The molecule has 4 aromatic rings. The predicted octanol–water partition coefficient (Wildman–Crippen LogP) is 3.36. The predicted molar refractivity (Wildman–Crippen MR) is 131 cm³/mol. The number of nitrogens with one attached hydrogen (secondary N) is 1. The van der Waals surface area contributed by atoms with Gasteiger partial charge in [0.25, 0.3) is 5.56 Å². The quantitative estimate of drug-likeness (QED) is 0.434. The van der Waals surface area contributed by atoms with Gasteiger partial charge in [-0.3, -0.25) is 14.2 Å². The van der Waals surface area contributed by atoms with Gasteiger partial charge in [-0.2, -0.15) is 0 Å². The lowest BCUT2D eigenvalue weighted by molar-refractivity contribution is -0.122. The number of carbonyl (C=O) groups is 1. The summed E-state index contributed by atoms with van der Waals surface area (Å²) >= 11 is 1.24. The van der Waals surface area contributed by atoms with Crippen LogP contribution >= 0.6 is 11.3 Å². The van der Waals surface area contributed by atoms with Gasteiger partial charge in [-0.05, 0) is 48.9 Å². The Morgan fingerprint density at radius 1 is 1.06 bits per heavy atom. The first-order valence-electron chi connectivity index (χ1n) is 10.7. The fourth-order valence-corrected chi connectivity index (χ4v) is 4.66. The zero-order valence-corrected chi connectivity index (χ0v) is 19.3. The summed E-state index contributed by atoms with van der Waals surface area (Å²) in [7, 11) is 1.48. The highest BCUT2D eigenvalue weighted by molar-refractivity contribution is 7.17. The van der Waals surface area contributed by atoms with Gasteiger partial charge in [-0.1, -0.05) is 42.5 Å². The van der Waals surface area contributed by atoms with Crippen molar-refractivity contribution in [2.45, 2.75) is 32.4 Å². The third kappa shape index (κ3) is 4.75. The zero-order valence-electron chi connectivity index (χ0n) is 18.5. The first kappa shape index (κ1) is 22.5. The van der Waals surface area contributed by atoms with Gasteiger partial charge in [-0.25, -0.2) is 9.36 Å². The van der Waals surface area contributed by atoms with E-state index < -0.39 is 11.2 Å². The maximum Gasteiger partial charge on any atom is 0.336 e. The minimum Gasteiger partial charge on any atom is -0.495 e. The summed E-state index contributed by atoms with van der Waals surface area (Å²) in [5.74, 6) is 0.119. The normalized spacial score (nSPS) is 11.9. The number of fused-ring (bicyclic) bond motifs is 1. The van der Waals surface area contributed by atoms with Crippen LogP contribution in [-0.2, 0) is 17.8 Å². The molecule has 4 rings (SSSR count). The lowest BCUT2D eigenvalue weighted by atomic mass is 10.1. The smallest absolute Gasteiger partial charge is 0.336 e. The molecule has 170 valence electrons. The molecular formula is C25H25N3O4S. The van der Waals surface area contributed by atoms with Crippen LogP contribution in [0.1, 0.15) is 18.9 Å². The number of hydrogen-bond acceptors (Lipinski definition) is 5. The van der Waals surface area contributed by atoms with E-state index in [1.165, 1.54) is 28.6 Å². The number of para-hydroxylation sites is 2. The van der Waals surface area contributed by atoms with E-state index >= 15 is 0 Å².